The number of ether oxygens (including phenoxy) is 2. The van der Waals surface area contributed by atoms with Gasteiger partial charge in [-0.3, -0.25) is 4.79 Å². The summed E-state index contributed by atoms with van der Waals surface area (Å²) in [5, 5.41) is 5.88. The van der Waals surface area contributed by atoms with Crippen LogP contribution in [-0.2, 0) is 10.2 Å². The minimum absolute atomic E-state index is 0.0169. The van der Waals surface area contributed by atoms with E-state index in [2.05, 4.69) is 10.6 Å². The predicted octanol–water partition coefficient (Wildman–Crippen LogP) is 3.22. The molecule has 2 aliphatic heterocycles. The second-order valence-electron chi connectivity index (χ2n) is 7.04. The predicted molar refractivity (Wildman–Crippen MR) is 106 cm³/mol. The highest BCUT2D eigenvalue weighted by Crippen LogP contribution is 2.48. The monoisotopic (exact) mass is 381 g/mol. The zero-order valence-corrected chi connectivity index (χ0v) is 16.0. The number of methoxy groups -OCH3 is 2. The van der Waals surface area contributed by atoms with Crippen LogP contribution in [0.25, 0.3) is 0 Å². The Morgan fingerprint density at radius 2 is 1.71 bits per heavy atom. The van der Waals surface area contributed by atoms with Crippen molar-refractivity contribution in [1.29, 1.82) is 0 Å². The third-order valence-electron chi connectivity index (χ3n) is 5.69. The molecule has 28 heavy (non-hydrogen) atoms. The fourth-order valence-electron chi connectivity index (χ4n) is 4.11. The Morgan fingerprint density at radius 1 is 1.04 bits per heavy atom. The molecule has 0 bridgehead atoms. The SMILES string of the molecule is COc1ccccc1NC(=O)N1CCC2(CC1)C(=O)Nc1c(OC)cccc12. The van der Waals surface area contributed by atoms with Crippen LogP contribution in [0.5, 0.6) is 11.5 Å². The molecular weight excluding hydrogens is 358 g/mol. The summed E-state index contributed by atoms with van der Waals surface area (Å²) in [6.07, 6.45) is 1.14. The maximum atomic E-state index is 12.8. The van der Waals surface area contributed by atoms with Crippen LogP contribution in [0.1, 0.15) is 18.4 Å². The first-order valence-electron chi connectivity index (χ1n) is 9.27. The molecule has 0 aromatic heterocycles. The number of likely N-dealkylation sites (tertiary alicyclic amines) is 1. The molecule has 7 heteroatoms. The van der Waals surface area contributed by atoms with Crippen molar-refractivity contribution in [2.24, 2.45) is 0 Å². The summed E-state index contributed by atoms with van der Waals surface area (Å²) in [5.41, 5.74) is 1.73. The van der Waals surface area contributed by atoms with E-state index in [4.69, 9.17) is 9.47 Å². The number of rotatable bonds is 3. The molecule has 2 aromatic rings. The van der Waals surface area contributed by atoms with E-state index in [1.54, 1.807) is 31.3 Å². The summed E-state index contributed by atoms with van der Waals surface area (Å²) in [7, 11) is 3.16. The molecule has 0 radical (unpaired) electrons. The van der Waals surface area contributed by atoms with Crippen molar-refractivity contribution in [3.63, 3.8) is 0 Å². The Kier molecular flexibility index (Phi) is 4.58. The maximum absolute atomic E-state index is 12.8. The van der Waals surface area contributed by atoms with Crippen LogP contribution in [0.2, 0.25) is 0 Å². The molecular formula is C21H23N3O4. The van der Waals surface area contributed by atoms with Crippen LogP contribution >= 0.6 is 0 Å². The molecule has 1 saturated heterocycles. The Labute approximate surface area is 163 Å². The summed E-state index contributed by atoms with van der Waals surface area (Å²) in [5.74, 6) is 1.26. The molecule has 2 N–H and O–H groups in total. The van der Waals surface area contributed by atoms with Crippen molar-refractivity contribution >= 4 is 23.3 Å². The number of fused-ring (bicyclic) bond motifs is 2. The van der Waals surface area contributed by atoms with Crippen LogP contribution in [0, 0.1) is 0 Å². The van der Waals surface area contributed by atoms with Crippen molar-refractivity contribution in [2.45, 2.75) is 18.3 Å². The van der Waals surface area contributed by atoms with Gasteiger partial charge in [-0.15, -0.1) is 0 Å². The smallest absolute Gasteiger partial charge is 0.321 e. The highest BCUT2D eigenvalue weighted by atomic mass is 16.5. The molecule has 0 aliphatic carbocycles. The Hall–Kier alpha value is -3.22. The Bertz CT molecular complexity index is 920. The van der Waals surface area contributed by atoms with Crippen molar-refractivity contribution in [3.8, 4) is 11.5 Å². The van der Waals surface area contributed by atoms with Gasteiger partial charge in [0.15, 0.2) is 0 Å². The van der Waals surface area contributed by atoms with Gasteiger partial charge in [0.25, 0.3) is 0 Å². The quantitative estimate of drug-likeness (QED) is 0.856. The molecule has 3 amide bonds. The maximum Gasteiger partial charge on any atom is 0.321 e. The molecule has 1 spiro atoms. The average molecular weight is 381 g/mol. The number of nitrogens with one attached hydrogen (secondary N) is 2. The van der Waals surface area contributed by atoms with Gasteiger partial charge in [-0.25, -0.2) is 4.79 Å². The molecule has 2 aliphatic rings. The number of hydrogen-bond acceptors (Lipinski definition) is 4. The first kappa shape index (κ1) is 18.2. The van der Waals surface area contributed by atoms with Gasteiger partial charge < -0.3 is 25.0 Å². The topological polar surface area (TPSA) is 79.9 Å². The summed E-state index contributed by atoms with van der Waals surface area (Å²) in [6.45, 7) is 0.982. The summed E-state index contributed by atoms with van der Waals surface area (Å²) < 4.78 is 10.7. The Morgan fingerprint density at radius 3 is 2.43 bits per heavy atom. The second kappa shape index (κ2) is 7.07. The second-order valence-corrected chi connectivity index (χ2v) is 7.04. The summed E-state index contributed by atoms with van der Waals surface area (Å²) in [4.78, 5) is 27.3. The zero-order chi connectivity index (χ0) is 19.7. The lowest BCUT2D eigenvalue weighted by Crippen LogP contribution is -2.49. The number of carbonyl (C=O) groups is 2. The van der Waals surface area contributed by atoms with Crippen molar-refractivity contribution < 1.29 is 19.1 Å². The van der Waals surface area contributed by atoms with Crippen LogP contribution in [0.3, 0.4) is 0 Å². The van der Waals surface area contributed by atoms with Gasteiger partial charge in [-0.2, -0.15) is 0 Å². The van der Waals surface area contributed by atoms with E-state index < -0.39 is 5.41 Å². The zero-order valence-electron chi connectivity index (χ0n) is 16.0. The number of nitrogens with zero attached hydrogens (tertiary/aromatic N) is 1. The highest BCUT2D eigenvalue weighted by Gasteiger charge is 2.49. The van der Waals surface area contributed by atoms with Crippen LogP contribution < -0.4 is 20.1 Å². The lowest BCUT2D eigenvalue weighted by molar-refractivity contribution is -0.122. The lowest BCUT2D eigenvalue weighted by Gasteiger charge is -2.38. The first-order chi connectivity index (χ1) is 13.6. The fraction of sp³-hybridized carbons (Fsp3) is 0.333. The number of amides is 3. The van der Waals surface area contributed by atoms with Gasteiger partial charge in [0.05, 0.1) is 31.0 Å². The molecule has 2 heterocycles. The normalized spacial score (nSPS) is 17.1. The molecule has 2 aromatic carbocycles. The molecule has 0 atom stereocenters. The van der Waals surface area contributed by atoms with E-state index in [0.717, 1.165) is 11.3 Å². The molecule has 1 fully saturated rings. The summed E-state index contributed by atoms with van der Waals surface area (Å²) in [6, 6.07) is 12.8. The van der Waals surface area contributed by atoms with Crippen LogP contribution in [0.4, 0.5) is 16.2 Å². The molecule has 0 saturated carbocycles. The number of anilines is 2. The van der Waals surface area contributed by atoms with Gasteiger partial charge in [0, 0.05) is 13.1 Å². The number of para-hydroxylation sites is 3. The van der Waals surface area contributed by atoms with E-state index in [9.17, 15) is 9.59 Å². The van der Waals surface area contributed by atoms with Gasteiger partial charge in [-0.1, -0.05) is 24.3 Å². The van der Waals surface area contributed by atoms with Gasteiger partial charge in [-0.05, 0) is 36.6 Å². The number of benzene rings is 2. The molecule has 4 rings (SSSR count). The van der Waals surface area contributed by atoms with Gasteiger partial charge >= 0.3 is 6.03 Å². The largest absolute Gasteiger partial charge is 0.495 e. The van der Waals surface area contributed by atoms with E-state index in [1.165, 1.54) is 0 Å². The lowest BCUT2D eigenvalue weighted by atomic mass is 9.73. The minimum atomic E-state index is -0.606. The molecule has 7 nitrogen and oxygen atoms in total. The van der Waals surface area contributed by atoms with Crippen LogP contribution in [0.15, 0.2) is 42.5 Å². The average Bonchev–Trinajstić information content (AvgIpc) is 3.00. The van der Waals surface area contributed by atoms with E-state index in [1.807, 2.05) is 30.3 Å². The van der Waals surface area contributed by atoms with Crippen molar-refractivity contribution in [2.75, 3.05) is 37.9 Å². The third-order valence-corrected chi connectivity index (χ3v) is 5.69. The van der Waals surface area contributed by atoms with Crippen molar-refractivity contribution in [3.05, 3.63) is 48.0 Å². The number of piperidine rings is 1. The summed E-state index contributed by atoms with van der Waals surface area (Å²) >= 11 is 0. The van der Waals surface area contributed by atoms with Crippen molar-refractivity contribution in [1.82, 2.24) is 4.90 Å². The minimum Gasteiger partial charge on any atom is -0.495 e. The van der Waals surface area contributed by atoms with Crippen LogP contribution in [-0.4, -0.2) is 44.1 Å². The highest BCUT2D eigenvalue weighted by molar-refractivity contribution is 6.08. The van der Waals surface area contributed by atoms with E-state index in [-0.39, 0.29) is 11.9 Å². The Balaban J connectivity index is 1.50. The molecule has 146 valence electrons. The number of carbonyl (C=O) groups excluding carboxylic acids is 2. The standard InChI is InChI=1S/C21H23N3O4/c1-27-16-8-4-3-7-15(16)22-20(26)24-12-10-21(11-13-24)14-6-5-9-17(28-2)18(14)23-19(21)25/h3-9H,10-13H2,1-2H3,(H,22,26)(H,23,25). The number of hydrogen-bond donors (Lipinski definition) is 2. The molecule has 0 unspecified atom stereocenters. The van der Waals surface area contributed by atoms with E-state index >= 15 is 0 Å². The number of urea groups is 1. The van der Waals surface area contributed by atoms with E-state index in [0.29, 0.717) is 43.1 Å². The van der Waals surface area contributed by atoms with Gasteiger partial charge in [0.1, 0.15) is 11.5 Å². The first-order valence-corrected chi connectivity index (χ1v) is 9.27. The fourth-order valence-corrected chi connectivity index (χ4v) is 4.11. The third kappa shape index (κ3) is 2.83. The van der Waals surface area contributed by atoms with Gasteiger partial charge in [0.2, 0.25) is 5.91 Å².